The molecule has 2 unspecified atom stereocenters. The number of rotatable bonds is 2. The zero-order chi connectivity index (χ0) is 12.4. The highest BCUT2D eigenvalue weighted by Gasteiger charge is 2.36. The van der Waals surface area contributed by atoms with Gasteiger partial charge in [-0.1, -0.05) is 0 Å². The van der Waals surface area contributed by atoms with E-state index in [1.165, 1.54) is 0 Å². The van der Waals surface area contributed by atoms with Gasteiger partial charge in [-0.15, -0.1) is 0 Å². The van der Waals surface area contributed by atoms with Crippen molar-refractivity contribution in [1.82, 2.24) is 4.90 Å². The fourth-order valence-electron chi connectivity index (χ4n) is 2.55. The summed E-state index contributed by atoms with van der Waals surface area (Å²) in [6.07, 6.45) is 1.74. The van der Waals surface area contributed by atoms with Crippen LogP contribution >= 0.6 is 0 Å². The first kappa shape index (κ1) is 12.5. The number of hydrogen-bond acceptors (Lipinski definition) is 3. The number of aliphatic carboxylic acids is 1. The van der Waals surface area contributed by atoms with E-state index in [-0.39, 0.29) is 17.7 Å². The Balaban J connectivity index is 1.89. The minimum Gasteiger partial charge on any atom is -0.481 e. The Morgan fingerprint density at radius 1 is 1.12 bits per heavy atom. The molecule has 0 spiro atoms. The average molecular weight is 259 g/mol. The monoisotopic (exact) mass is 259 g/mol. The third-order valence-electron chi connectivity index (χ3n) is 3.62. The number of amides is 1. The first-order valence-electron chi connectivity index (χ1n) is 5.94. The van der Waals surface area contributed by atoms with Gasteiger partial charge in [0.15, 0.2) is 0 Å². The number of carbonyl (C=O) groups excluding carboxylic acids is 1. The maximum atomic E-state index is 12.1. The third kappa shape index (κ3) is 2.86. The van der Waals surface area contributed by atoms with Gasteiger partial charge in [0.1, 0.15) is 0 Å². The number of carboxylic acids is 1. The van der Waals surface area contributed by atoms with Crippen molar-refractivity contribution < 1.29 is 18.9 Å². The zero-order valence-electron chi connectivity index (χ0n) is 9.63. The van der Waals surface area contributed by atoms with E-state index in [1.807, 2.05) is 0 Å². The third-order valence-corrected chi connectivity index (χ3v) is 4.90. The highest BCUT2D eigenvalue weighted by molar-refractivity contribution is 7.85. The quantitative estimate of drug-likeness (QED) is 0.762. The highest BCUT2D eigenvalue weighted by atomic mass is 32.2. The molecular weight excluding hydrogens is 242 g/mol. The van der Waals surface area contributed by atoms with Gasteiger partial charge in [-0.05, 0) is 19.3 Å². The van der Waals surface area contributed by atoms with Crippen molar-refractivity contribution in [2.24, 2.45) is 11.8 Å². The molecule has 2 fully saturated rings. The lowest BCUT2D eigenvalue weighted by molar-refractivity contribution is -0.141. The highest BCUT2D eigenvalue weighted by Crippen LogP contribution is 2.32. The fourth-order valence-corrected chi connectivity index (χ4v) is 3.60. The van der Waals surface area contributed by atoms with Gasteiger partial charge in [-0.25, -0.2) is 0 Å². The topological polar surface area (TPSA) is 74.7 Å². The van der Waals surface area contributed by atoms with E-state index in [0.29, 0.717) is 43.9 Å². The van der Waals surface area contributed by atoms with Crippen LogP contribution in [0, 0.1) is 11.8 Å². The van der Waals surface area contributed by atoms with Crippen molar-refractivity contribution in [2.45, 2.75) is 19.3 Å². The molecule has 0 bridgehead atoms. The number of carboxylic acid groups (broad SMARTS) is 1. The minimum absolute atomic E-state index is 0.0606. The van der Waals surface area contributed by atoms with Crippen molar-refractivity contribution in [3.63, 3.8) is 0 Å². The molecule has 1 saturated carbocycles. The van der Waals surface area contributed by atoms with Crippen molar-refractivity contribution in [1.29, 1.82) is 0 Å². The van der Waals surface area contributed by atoms with Gasteiger partial charge in [0.2, 0.25) is 5.91 Å². The second-order valence-electron chi connectivity index (χ2n) is 4.72. The van der Waals surface area contributed by atoms with Crippen molar-refractivity contribution in [3.8, 4) is 0 Å². The maximum absolute atomic E-state index is 12.1. The van der Waals surface area contributed by atoms with Gasteiger partial charge in [-0.2, -0.15) is 0 Å². The molecule has 1 aliphatic carbocycles. The van der Waals surface area contributed by atoms with Crippen LogP contribution in [0.1, 0.15) is 19.3 Å². The Morgan fingerprint density at radius 3 is 2.24 bits per heavy atom. The molecule has 1 N–H and O–H groups in total. The van der Waals surface area contributed by atoms with Crippen LogP contribution in [0.3, 0.4) is 0 Å². The van der Waals surface area contributed by atoms with Crippen LogP contribution in [0.2, 0.25) is 0 Å². The normalized spacial score (nSPS) is 30.5. The van der Waals surface area contributed by atoms with Gasteiger partial charge >= 0.3 is 5.97 Å². The molecule has 17 heavy (non-hydrogen) atoms. The molecule has 6 heteroatoms. The summed E-state index contributed by atoms with van der Waals surface area (Å²) in [4.78, 5) is 24.7. The van der Waals surface area contributed by atoms with Crippen LogP contribution in [0.4, 0.5) is 0 Å². The van der Waals surface area contributed by atoms with Gasteiger partial charge in [0.05, 0.1) is 5.92 Å². The molecule has 0 radical (unpaired) electrons. The lowest BCUT2D eigenvalue weighted by atomic mass is 10.0. The molecule has 0 aromatic heterocycles. The molecule has 5 nitrogen and oxygen atoms in total. The summed E-state index contributed by atoms with van der Waals surface area (Å²) in [6.45, 7) is 1.11. The van der Waals surface area contributed by atoms with Crippen molar-refractivity contribution in [3.05, 3.63) is 0 Å². The zero-order valence-corrected chi connectivity index (χ0v) is 10.4. The Hall–Kier alpha value is -0.910. The fraction of sp³-hybridized carbons (Fsp3) is 0.818. The Kier molecular flexibility index (Phi) is 3.81. The predicted octanol–water partition coefficient (Wildman–Crippen LogP) is 0.0782. The molecule has 96 valence electrons. The maximum Gasteiger partial charge on any atom is 0.306 e. The van der Waals surface area contributed by atoms with Crippen LogP contribution < -0.4 is 0 Å². The van der Waals surface area contributed by atoms with Crippen LogP contribution in [-0.4, -0.2) is 50.7 Å². The van der Waals surface area contributed by atoms with Gasteiger partial charge in [0.25, 0.3) is 0 Å². The summed E-state index contributed by atoms with van der Waals surface area (Å²) in [5, 5.41) is 8.89. The lowest BCUT2D eigenvalue weighted by Crippen LogP contribution is -2.44. The number of hydrogen-bond donors (Lipinski definition) is 1. The van der Waals surface area contributed by atoms with E-state index in [2.05, 4.69) is 0 Å². The molecular formula is C11H17NO4S. The van der Waals surface area contributed by atoms with Gasteiger partial charge in [-0.3, -0.25) is 13.8 Å². The summed E-state index contributed by atoms with van der Waals surface area (Å²) in [5.74, 6) is -0.113. The molecule has 0 aromatic carbocycles. The lowest BCUT2D eigenvalue weighted by Gasteiger charge is -2.28. The standard InChI is InChI=1S/C11H17NO4S/c13-10(12-3-5-17(16)6-4-12)8-1-2-9(7-8)11(14)15/h8-9H,1-7H2,(H,14,15). The van der Waals surface area contributed by atoms with Crippen LogP contribution in [0.25, 0.3) is 0 Å². The number of carbonyl (C=O) groups is 2. The summed E-state index contributed by atoms with van der Waals surface area (Å²) in [6, 6.07) is 0. The molecule has 2 aliphatic rings. The van der Waals surface area contributed by atoms with Crippen LogP contribution in [0.5, 0.6) is 0 Å². The molecule has 1 amide bonds. The van der Waals surface area contributed by atoms with Crippen molar-refractivity contribution >= 4 is 22.7 Å². The number of nitrogens with zero attached hydrogens (tertiary/aromatic N) is 1. The van der Waals surface area contributed by atoms with Crippen LogP contribution in [-0.2, 0) is 20.4 Å². The predicted molar refractivity (Wildman–Crippen MR) is 62.9 cm³/mol. The molecule has 0 aromatic rings. The van der Waals surface area contributed by atoms with Gasteiger partial charge < -0.3 is 10.0 Å². The minimum atomic E-state index is -0.792. The first-order valence-corrected chi connectivity index (χ1v) is 7.43. The Morgan fingerprint density at radius 2 is 1.71 bits per heavy atom. The summed E-state index contributed by atoms with van der Waals surface area (Å²) < 4.78 is 11.2. The van der Waals surface area contributed by atoms with E-state index in [4.69, 9.17) is 5.11 Å². The first-order chi connectivity index (χ1) is 8.08. The van der Waals surface area contributed by atoms with E-state index in [0.717, 1.165) is 0 Å². The Bertz CT molecular complexity index is 347. The smallest absolute Gasteiger partial charge is 0.306 e. The van der Waals surface area contributed by atoms with Gasteiger partial charge in [0, 0.05) is 41.3 Å². The Labute approximate surface area is 103 Å². The van der Waals surface area contributed by atoms with Crippen LogP contribution in [0.15, 0.2) is 0 Å². The molecule has 1 aliphatic heterocycles. The summed E-state index contributed by atoms with van der Waals surface area (Å²) in [5.41, 5.74) is 0. The molecule has 2 atom stereocenters. The summed E-state index contributed by atoms with van der Waals surface area (Å²) >= 11 is 0. The summed E-state index contributed by atoms with van der Waals surface area (Å²) in [7, 11) is -0.781. The SMILES string of the molecule is O=C(O)C1CCC(C(=O)N2CCS(=O)CC2)C1. The second kappa shape index (κ2) is 5.16. The van der Waals surface area contributed by atoms with Crippen molar-refractivity contribution in [2.75, 3.05) is 24.6 Å². The second-order valence-corrected chi connectivity index (χ2v) is 6.41. The van der Waals surface area contributed by atoms with E-state index in [9.17, 15) is 13.8 Å². The van der Waals surface area contributed by atoms with E-state index in [1.54, 1.807) is 4.90 Å². The molecule has 1 heterocycles. The van der Waals surface area contributed by atoms with E-state index >= 15 is 0 Å². The largest absolute Gasteiger partial charge is 0.481 e. The molecule has 1 saturated heterocycles. The average Bonchev–Trinajstić information content (AvgIpc) is 2.78. The van der Waals surface area contributed by atoms with E-state index < -0.39 is 16.8 Å². The molecule has 2 rings (SSSR count).